The molecule has 2 bridgehead atoms. The second kappa shape index (κ2) is 5.41. The van der Waals surface area contributed by atoms with Crippen LogP contribution in [0, 0.1) is 19.8 Å². The third-order valence-corrected chi connectivity index (χ3v) is 4.99. The molecule has 1 amide bonds. The molecule has 5 heteroatoms. The average Bonchev–Trinajstić information content (AvgIpc) is 3.23. The van der Waals surface area contributed by atoms with Gasteiger partial charge in [-0.05, 0) is 44.2 Å². The van der Waals surface area contributed by atoms with Gasteiger partial charge >= 0.3 is 0 Å². The normalized spacial score (nSPS) is 22.6. The lowest BCUT2D eigenvalue weighted by atomic mass is 10.1. The molecule has 2 aliphatic rings. The van der Waals surface area contributed by atoms with E-state index >= 15 is 0 Å². The summed E-state index contributed by atoms with van der Waals surface area (Å²) in [4.78, 5) is 19.2. The van der Waals surface area contributed by atoms with Gasteiger partial charge in [-0.3, -0.25) is 4.79 Å². The zero-order chi connectivity index (χ0) is 16.0. The molecule has 1 aromatic heterocycles. The fraction of sp³-hybridized carbons (Fsp3) is 0.444. The van der Waals surface area contributed by atoms with E-state index < -0.39 is 0 Å². The van der Waals surface area contributed by atoms with Crippen LogP contribution in [0.25, 0.3) is 0 Å². The molecule has 1 N–H and O–H groups in total. The van der Waals surface area contributed by atoms with Crippen molar-refractivity contribution in [3.05, 3.63) is 41.6 Å². The number of nitrogens with zero attached hydrogens (tertiary/aromatic N) is 2. The number of carbonyl (C=O) groups is 1. The number of carbonyl (C=O) groups excluding carboxylic acids is 1. The predicted molar refractivity (Wildman–Crippen MR) is 88.8 cm³/mol. The summed E-state index contributed by atoms with van der Waals surface area (Å²) in [6, 6.07) is 8.66. The van der Waals surface area contributed by atoms with Gasteiger partial charge in [-0.25, -0.2) is 4.98 Å². The van der Waals surface area contributed by atoms with Crippen molar-refractivity contribution >= 4 is 17.3 Å². The van der Waals surface area contributed by atoms with Crippen molar-refractivity contribution in [3.63, 3.8) is 0 Å². The molecule has 1 aliphatic heterocycles. The van der Waals surface area contributed by atoms with E-state index in [1.165, 1.54) is 19.3 Å². The minimum atomic E-state index is -0.212. The van der Waals surface area contributed by atoms with Gasteiger partial charge in [0.05, 0.1) is 11.4 Å². The van der Waals surface area contributed by atoms with E-state index in [0.29, 0.717) is 23.4 Å². The summed E-state index contributed by atoms with van der Waals surface area (Å²) in [5.74, 6) is 1.66. The fourth-order valence-electron chi connectivity index (χ4n) is 3.97. The van der Waals surface area contributed by atoms with E-state index in [1.54, 1.807) is 13.8 Å². The zero-order valence-electron chi connectivity index (χ0n) is 13.5. The number of benzene rings is 1. The van der Waals surface area contributed by atoms with Gasteiger partial charge in [-0.15, -0.1) is 0 Å². The van der Waals surface area contributed by atoms with E-state index in [4.69, 9.17) is 4.42 Å². The topological polar surface area (TPSA) is 58.4 Å². The van der Waals surface area contributed by atoms with Gasteiger partial charge in [0.25, 0.3) is 5.91 Å². The number of para-hydroxylation sites is 2. The molecule has 2 aromatic rings. The Morgan fingerprint density at radius 2 is 2.13 bits per heavy atom. The van der Waals surface area contributed by atoms with Crippen molar-refractivity contribution in [2.75, 3.05) is 16.8 Å². The fourth-order valence-corrected chi connectivity index (χ4v) is 3.97. The van der Waals surface area contributed by atoms with Crippen molar-refractivity contribution in [2.24, 2.45) is 5.92 Å². The molecule has 0 radical (unpaired) electrons. The van der Waals surface area contributed by atoms with Crippen molar-refractivity contribution in [1.29, 1.82) is 0 Å². The third-order valence-electron chi connectivity index (χ3n) is 4.99. The van der Waals surface area contributed by atoms with E-state index in [-0.39, 0.29) is 5.91 Å². The third kappa shape index (κ3) is 2.50. The Hall–Kier alpha value is -2.30. The summed E-state index contributed by atoms with van der Waals surface area (Å²) in [6.45, 7) is 4.61. The second-order valence-corrected chi connectivity index (χ2v) is 6.59. The van der Waals surface area contributed by atoms with Gasteiger partial charge in [0.2, 0.25) is 0 Å². The van der Waals surface area contributed by atoms with Crippen LogP contribution in [-0.4, -0.2) is 23.5 Å². The summed E-state index contributed by atoms with van der Waals surface area (Å²) < 4.78 is 5.36. The number of amides is 1. The molecule has 5 nitrogen and oxygen atoms in total. The lowest BCUT2D eigenvalue weighted by Crippen LogP contribution is -2.32. The van der Waals surface area contributed by atoms with Gasteiger partial charge in [0.15, 0.2) is 11.6 Å². The Morgan fingerprint density at radius 3 is 2.78 bits per heavy atom. The maximum Gasteiger partial charge on any atom is 0.277 e. The van der Waals surface area contributed by atoms with Crippen LogP contribution in [-0.2, 0) is 0 Å². The standard InChI is InChI=1S/C18H21N3O2/c1-11-17(19-12(2)23-11)18(22)20-15-5-3-4-6-16(15)21-10-13-7-8-14(21)9-13/h3-6,13-14H,7-10H2,1-2H3,(H,20,22)/t13-,14-/m0/s1. The van der Waals surface area contributed by atoms with Gasteiger partial charge in [0, 0.05) is 19.5 Å². The highest BCUT2D eigenvalue weighted by Crippen LogP contribution is 2.42. The van der Waals surface area contributed by atoms with Gasteiger partial charge < -0.3 is 14.6 Å². The van der Waals surface area contributed by atoms with Gasteiger partial charge in [0.1, 0.15) is 5.76 Å². The predicted octanol–water partition coefficient (Wildman–Crippen LogP) is 3.53. The van der Waals surface area contributed by atoms with Crippen molar-refractivity contribution < 1.29 is 9.21 Å². The molecule has 2 heterocycles. The van der Waals surface area contributed by atoms with Gasteiger partial charge in [-0.1, -0.05) is 12.1 Å². The molecule has 1 aromatic carbocycles. The Bertz CT molecular complexity index is 752. The molecule has 0 unspecified atom stereocenters. The van der Waals surface area contributed by atoms with Crippen molar-refractivity contribution in [1.82, 2.24) is 4.98 Å². The van der Waals surface area contributed by atoms with Crippen LogP contribution < -0.4 is 10.2 Å². The van der Waals surface area contributed by atoms with Crippen LogP contribution in [0.3, 0.4) is 0 Å². The molecule has 4 rings (SSSR count). The van der Waals surface area contributed by atoms with Crippen LogP contribution in [0.15, 0.2) is 28.7 Å². The number of oxazole rings is 1. The molecule has 2 atom stereocenters. The first-order valence-electron chi connectivity index (χ1n) is 8.23. The Morgan fingerprint density at radius 1 is 1.30 bits per heavy atom. The minimum absolute atomic E-state index is 0.212. The van der Waals surface area contributed by atoms with Gasteiger partial charge in [-0.2, -0.15) is 0 Å². The molecule has 1 aliphatic carbocycles. The summed E-state index contributed by atoms with van der Waals surface area (Å²) in [7, 11) is 0. The summed E-state index contributed by atoms with van der Waals surface area (Å²) >= 11 is 0. The number of anilines is 2. The first kappa shape index (κ1) is 14.3. The summed E-state index contributed by atoms with van der Waals surface area (Å²) in [5.41, 5.74) is 2.33. The number of nitrogens with one attached hydrogen (secondary N) is 1. The first-order chi connectivity index (χ1) is 11.1. The minimum Gasteiger partial charge on any atom is -0.445 e. The van der Waals surface area contributed by atoms with Crippen LogP contribution >= 0.6 is 0 Å². The molecule has 23 heavy (non-hydrogen) atoms. The number of aromatic nitrogens is 1. The molecule has 1 saturated carbocycles. The first-order valence-corrected chi connectivity index (χ1v) is 8.23. The smallest absolute Gasteiger partial charge is 0.277 e. The number of aryl methyl sites for hydroxylation is 2. The molecular formula is C18H21N3O2. The molecule has 2 fully saturated rings. The lowest BCUT2D eigenvalue weighted by molar-refractivity contribution is 0.102. The largest absolute Gasteiger partial charge is 0.445 e. The monoisotopic (exact) mass is 311 g/mol. The van der Waals surface area contributed by atoms with E-state index in [9.17, 15) is 4.79 Å². The molecule has 0 spiro atoms. The Kier molecular flexibility index (Phi) is 3.36. The maximum absolute atomic E-state index is 12.5. The maximum atomic E-state index is 12.5. The number of fused-ring (bicyclic) bond motifs is 2. The SMILES string of the molecule is Cc1nc(C(=O)Nc2ccccc2N2C[C@H]3CC[C@H]2C3)c(C)o1. The Balaban J connectivity index is 1.60. The molecular weight excluding hydrogens is 290 g/mol. The second-order valence-electron chi connectivity index (χ2n) is 6.59. The van der Waals surface area contributed by atoms with Crippen LogP contribution in [0.5, 0.6) is 0 Å². The van der Waals surface area contributed by atoms with Crippen LogP contribution in [0.4, 0.5) is 11.4 Å². The molecule has 1 saturated heterocycles. The quantitative estimate of drug-likeness (QED) is 0.942. The number of hydrogen-bond acceptors (Lipinski definition) is 4. The van der Waals surface area contributed by atoms with Crippen molar-refractivity contribution in [2.45, 2.75) is 39.2 Å². The van der Waals surface area contributed by atoms with Crippen LogP contribution in [0.2, 0.25) is 0 Å². The van der Waals surface area contributed by atoms with Crippen molar-refractivity contribution in [3.8, 4) is 0 Å². The highest BCUT2D eigenvalue weighted by molar-refractivity contribution is 6.05. The van der Waals surface area contributed by atoms with E-state index in [0.717, 1.165) is 23.8 Å². The van der Waals surface area contributed by atoms with Crippen LogP contribution in [0.1, 0.15) is 41.4 Å². The number of rotatable bonds is 3. The number of hydrogen-bond donors (Lipinski definition) is 1. The summed E-state index contributed by atoms with van der Waals surface area (Å²) in [5, 5.41) is 3.01. The zero-order valence-corrected chi connectivity index (χ0v) is 13.5. The highest BCUT2D eigenvalue weighted by atomic mass is 16.4. The van der Waals surface area contributed by atoms with E-state index in [1.807, 2.05) is 18.2 Å². The molecule has 120 valence electrons. The number of piperidine rings is 1. The summed E-state index contributed by atoms with van der Waals surface area (Å²) in [6.07, 6.45) is 3.88. The highest BCUT2D eigenvalue weighted by Gasteiger charge is 2.38. The lowest BCUT2D eigenvalue weighted by Gasteiger charge is -2.30. The average molecular weight is 311 g/mol. The van der Waals surface area contributed by atoms with E-state index in [2.05, 4.69) is 21.3 Å². The Labute approximate surface area is 135 Å².